The van der Waals surface area contributed by atoms with Crippen LogP contribution in [0, 0.1) is 13.8 Å². The topological polar surface area (TPSA) is 42.2 Å². The van der Waals surface area contributed by atoms with Crippen LogP contribution in [0.2, 0.25) is 0 Å². The summed E-state index contributed by atoms with van der Waals surface area (Å²) in [4.78, 5) is 2.38. The molecular formula is C21H23N3O. The van der Waals surface area contributed by atoms with Crippen molar-refractivity contribution in [3.8, 4) is 11.5 Å². The molecule has 25 heavy (non-hydrogen) atoms. The summed E-state index contributed by atoms with van der Waals surface area (Å²) in [6.07, 6.45) is 2.29. The maximum atomic E-state index is 6.01. The average Bonchev–Trinajstić information content (AvgIpc) is 3.10. The van der Waals surface area contributed by atoms with Crippen LogP contribution < -0.4 is 4.90 Å². The second kappa shape index (κ2) is 6.36. The molecule has 0 radical (unpaired) electrons. The van der Waals surface area contributed by atoms with Gasteiger partial charge >= 0.3 is 0 Å². The molecule has 1 aromatic heterocycles. The lowest BCUT2D eigenvalue weighted by molar-refractivity contribution is 0.449. The van der Waals surface area contributed by atoms with Gasteiger partial charge < -0.3 is 9.32 Å². The predicted molar refractivity (Wildman–Crippen MR) is 99.7 cm³/mol. The van der Waals surface area contributed by atoms with E-state index in [-0.39, 0.29) is 6.04 Å². The second-order valence-electron chi connectivity index (χ2n) is 6.92. The van der Waals surface area contributed by atoms with Gasteiger partial charge in [0, 0.05) is 17.8 Å². The summed E-state index contributed by atoms with van der Waals surface area (Å²) in [6.45, 7) is 7.37. The normalized spacial score (nSPS) is 15.1. The Morgan fingerprint density at radius 3 is 2.72 bits per heavy atom. The van der Waals surface area contributed by atoms with Gasteiger partial charge in [-0.05, 0) is 57.4 Å². The molecule has 0 spiro atoms. The van der Waals surface area contributed by atoms with E-state index in [1.54, 1.807) is 0 Å². The molecule has 4 nitrogen and oxygen atoms in total. The molecule has 4 rings (SSSR count). The van der Waals surface area contributed by atoms with Crippen LogP contribution in [-0.2, 0) is 6.42 Å². The van der Waals surface area contributed by atoms with E-state index in [1.165, 1.54) is 22.4 Å². The van der Waals surface area contributed by atoms with Gasteiger partial charge in [0.2, 0.25) is 11.8 Å². The van der Waals surface area contributed by atoms with Gasteiger partial charge in [-0.15, -0.1) is 10.2 Å². The fourth-order valence-electron chi connectivity index (χ4n) is 3.59. The Hall–Kier alpha value is -2.62. The molecule has 1 atom stereocenters. The molecule has 4 heteroatoms. The summed E-state index contributed by atoms with van der Waals surface area (Å²) >= 11 is 0. The van der Waals surface area contributed by atoms with Gasteiger partial charge in [0.1, 0.15) is 6.04 Å². The third-order valence-electron chi connectivity index (χ3n) is 4.92. The predicted octanol–water partition coefficient (Wildman–Crippen LogP) is 4.87. The summed E-state index contributed by atoms with van der Waals surface area (Å²) < 4.78 is 6.01. The lowest BCUT2D eigenvalue weighted by Gasteiger charge is -2.34. The molecule has 1 aliphatic rings. The lowest BCUT2D eigenvalue weighted by atomic mass is 9.98. The largest absolute Gasteiger partial charge is 0.418 e. The highest BCUT2D eigenvalue weighted by molar-refractivity contribution is 5.58. The van der Waals surface area contributed by atoms with E-state index in [0.29, 0.717) is 11.8 Å². The van der Waals surface area contributed by atoms with Crippen LogP contribution in [-0.4, -0.2) is 16.7 Å². The second-order valence-corrected chi connectivity index (χ2v) is 6.92. The van der Waals surface area contributed by atoms with E-state index in [1.807, 2.05) is 12.1 Å². The van der Waals surface area contributed by atoms with E-state index in [9.17, 15) is 0 Å². The van der Waals surface area contributed by atoms with Crippen LogP contribution in [0.5, 0.6) is 0 Å². The van der Waals surface area contributed by atoms with Crippen molar-refractivity contribution in [1.29, 1.82) is 0 Å². The Kier molecular flexibility index (Phi) is 4.04. The van der Waals surface area contributed by atoms with E-state index in [0.717, 1.165) is 24.9 Å². The highest BCUT2D eigenvalue weighted by Gasteiger charge is 2.26. The molecule has 0 unspecified atom stereocenters. The van der Waals surface area contributed by atoms with Crippen LogP contribution in [0.3, 0.4) is 0 Å². The summed E-state index contributed by atoms with van der Waals surface area (Å²) in [7, 11) is 0. The zero-order valence-corrected chi connectivity index (χ0v) is 15.0. The third-order valence-corrected chi connectivity index (χ3v) is 4.92. The van der Waals surface area contributed by atoms with E-state index in [2.05, 4.69) is 66.2 Å². The van der Waals surface area contributed by atoms with Gasteiger partial charge in [-0.1, -0.05) is 35.4 Å². The number of hydrogen-bond donors (Lipinski definition) is 0. The number of nitrogens with zero attached hydrogens (tertiary/aromatic N) is 3. The van der Waals surface area contributed by atoms with Crippen molar-refractivity contribution in [2.45, 2.75) is 39.7 Å². The molecule has 0 amide bonds. The molecule has 0 fully saturated rings. The minimum absolute atomic E-state index is 0.0628. The number of hydrogen-bond acceptors (Lipinski definition) is 4. The molecule has 1 aliphatic heterocycles. The number of aromatic nitrogens is 2. The van der Waals surface area contributed by atoms with Crippen molar-refractivity contribution in [3.63, 3.8) is 0 Å². The molecule has 128 valence electrons. The number of benzene rings is 2. The van der Waals surface area contributed by atoms with Gasteiger partial charge in [0.15, 0.2) is 0 Å². The first kappa shape index (κ1) is 15.9. The van der Waals surface area contributed by atoms with Crippen molar-refractivity contribution in [1.82, 2.24) is 10.2 Å². The molecule has 0 saturated carbocycles. The Balaban J connectivity index is 1.64. The molecule has 0 N–H and O–H groups in total. The van der Waals surface area contributed by atoms with Crippen molar-refractivity contribution in [2.24, 2.45) is 0 Å². The van der Waals surface area contributed by atoms with Gasteiger partial charge in [0.05, 0.1) is 0 Å². The van der Waals surface area contributed by atoms with Gasteiger partial charge in [-0.3, -0.25) is 0 Å². The maximum absolute atomic E-state index is 6.01. The SMILES string of the molecule is Cc1cccc(-c2nnc([C@H](C)N3CCCc4cc(C)ccc43)o2)c1. The zero-order chi connectivity index (χ0) is 17.4. The smallest absolute Gasteiger partial charge is 0.247 e. The highest BCUT2D eigenvalue weighted by atomic mass is 16.4. The highest BCUT2D eigenvalue weighted by Crippen LogP contribution is 2.34. The van der Waals surface area contributed by atoms with Gasteiger partial charge in [-0.25, -0.2) is 0 Å². The summed E-state index contributed by atoms with van der Waals surface area (Å²) in [6, 6.07) is 14.9. The number of fused-ring (bicyclic) bond motifs is 1. The fourth-order valence-corrected chi connectivity index (χ4v) is 3.59. The molecule has 3 aromatic rings. The van der Waals surface area contributed by atoms with Crippen LogP contribution in [0.25, 0.3) is 11.5 Å². The monoisotopic (exact) mass is 333 g/mol. The standard InChI is InChI=1S/C21H23N3O/c1-14-6-4-7-18(13-14)21-23-22-20(25-21)16(3)24-11-5-8-17-12-15(2)9-10-19(17)24/h4,6-7,9-10,12-13,16H,5,8,11H2,1-3H3/t16-/m0/s1. The molecule has 0 aliphatic carbocycles. The van der Waals surface area contributed by atoms with Crippen LogP contribution in [0.15, 0.2) is 46.9 Å². The quantitative estimate of drug-likeness (QED) is 0.686. The van der Waals surface area contributed by atoms with E-state index < -0.39 is 0 Å². The minimum Gasteiger partial charge on any atom is -0.418 e. The molecule has 0 saturated heterocycles. The summed E-state index contributed by atoms with van der Waals surface area (Å²) in [5.74, 6) is 1.26. The molecule has 0 bridgehead atoms. The number of anilines is 1. The Morgan fingerprint density at radius 2 is 1.88 bits per heavy atom. The summed E-state index contributed by atoms with van der Waals surface area (Å²) in [5.41, 5.74) is 6.18. The third kappa shape index (κ3) is 3.04. The number of aryl methyl sites for hydroxylation is 3. The first-order valence-corrected chi connectivity index (χ1v) is 8.88. The first-order valence-electron chi connectivity index (χ1n) is 8.88. The number of rotatable bonds is 3. The lowest BCUT2D eigenvalue weighted by Crippen LogP contribution is -2.32. The average molecular weight is 333 g/mol. The maximum Gasteiger partial charge on any atom is 0.247 e. The Labute approximate surface area is 148 Å². The molecule has 2 aromatic carbocycles. The Bertz CT molecular complexity index is 900. The van der Waals surface area contributed by atoms with Gasteiger partial charge in [-0.2, -0.15) is 0 Å². The molecule has 2 heterocycles. The van der Waals surface area contributed by atoms with Crippen LogP contribution >= 0.6 is 0 Å². The van der Waals surface area contributed by atoms with Crippen molar-refractivity contribution >= 4 is 5.69 Å². The van der Waals surface area contributed by atoms with Crippen LogP contribution in [0.1, 0.15) is 42.0 Å². The van der Waals surface area contributed by atoms with Crippen LogP contribution in [0.4, 0.5) is 5.69 Å². The molecular weight excluding hydrogens is 310 g/mol. The van der Waals surface area contributed by atoms with E-state index in [4.69, 9.17) is 4.42 Å². The fraction of sp³-hybridized carbons (Fsp3) is 0.333. The minimum atomic E-state index is 0.0628. The van der Waals surface area contributed by atoms with Crippen molar-refractivity contribution < 1.29 is 4.42 Å². The van der Waals surface area contributed by atoms with E-state index >= 15 is 0 Å². The Morgan fingerprint density at radius 1 is 1.04 bits per heavy atom. The zero-order valence-electron chi connectivity index (χ0n) is 15.0. The van der Waals surface area contributed by atoms with Crippen molar-refractivity contribution in [3.05, 3.63) is 65.0 Å². The first-order chi connectivity index (χ1) is 12.1. The summed E-state index contributed by atoms with van der Waals surface area (Å²) in [5, 5.41) is 8.60. The van der Waals surface area contributed by atoms with Crippen molar-refractivity contribution in [2.75, 3.05) is 11.4 Å². The van der Waals surface area contributed by atoms with Gasteiger partial charge in [0.25, 0.3) is 0 Å².